The van der Waals surface area contributed by atoms with E-state index >= 15 is 0 Å². The van der Waals surface area contributed by atoms with E-state index in [1.165, 1.54) is 21.9 Å². The second-order valence-corrected chi connectivity index (χ2v) is 7.09. The Labute approximate surface area is 139 Å². The lowest BCUT2D eigenvalue weighted by Gasteiger charge is -2.35. The smallest absolute Gasteiger partial charge is 0.275 e. The van der Waals surface area contributed by atoms with Crippen LogP contribution >= 0.6 is 11.3 Å². The number of nitrogens with one attached hydrogen (secondary N) is 1. The van der Waals surface area contributed by atoms with E-state index in [0.29, 0.717) is 17.2 Å². The molecule has 0 saturated carbocycles. The molecule has 0 unspecified atom stereocenters. The molecule has 126 valence electrons. The van der Waals surface area contributed by atoms with Crippen molar-refractivity contribution in [2.45, 2.75) is 39.4 Å². The zero-order chi connectivity index (χ0) is 16.4. The van der Waals surface area contributed by atoms with Crippen molar-refractivity contribution in [3.8, 4) is 0 Å². The second kappa shape index (κ2) is 6.94. The number of morpholine rings is 1. The van der Waals surface area contributed by atoms with Crippen LogP contribution in [0, 0.1) is 6.92 Å². The molecule has 7 nitrogen and oxygen atoms in total. The largest absolute Gasteiger partial charge is 0.373 e. The molecule has 1 fully saturated rings. The lowest BCUT2D eigenvalue weighted by Crippen LogP contribution is -2.45. The molecule has 2 atom stereocenters. The Morgan fingerprint density at radius 1 is 1.39 bits per heavy atom. The highest BCUT2D eigenvalue weighted by atomic mass is 32.1. The number of anilines is 1. The maximum absolute atomic E-state index is 11.8. The molecule has 0 spiro atoms. The van der Waals surface area contributed by atoms with Crippen molar-refractivity contribution < 1.29 is 4.74 Å². The first-order valence-corrected chi connectivity index (χ1v) is 8.82. The molecule has 2 aromatic heterocycles. The van der Waals surface area contributed by atoms with Gasteiger partial charge in [-0.15, -0.1) is 5.10 Å². The van der Waals surface area contributed by atoms with Gasteiger partial charge in [0.05, 0.1) is 12.2 Å². The third-order valence-electron chi connectivity index (χ3n) is 3.80. The Kier molecular flexibility index (Phi) is 4.93. The van der Waals surface area contributed by atoms with Gasteiger partial charge < -0.3 is 10.1 Å². The van der Waals surface area contributed by atoms with Crippen molar-refractivity contribution in [2.24, 2.45) is 0 Å². The molecule has 1 saturated heterocycles. The molecule has 2 aromatic rings. The molecule has 1 aliphatic rings. The summed E-state index contributed by atoms with van der Waals surface area (Å²) in [7, 11) is 0. The van der Waals surface area contributed by atoms with Gasteiger partial charge in [0.25, 0.3) is 5.56 Å². The monoisotopic (exact) mass is 337 g/mol. The molecule has 0 aromatic carbocycles. The van der Waals surface area contributed by atoms with E-state index in [4.69, 9.17) is 4.74 Å². The molecule has 0 radical (unpaired) electrons. The third-order valence-corrected chi connectivity index (χ3v) is 4.66. The van der Waals surface area contributed by atoms with Crippen molar-refractivity contribution >= 4 is 21.4 Å². The number of aromatic nitrogens is 3. The fraction of sp³-hybridized carbons (Fsp3) is 0.667. The fourth-order valence-corrected chi connectivity index (χ4v) is 3.83. The second-order valence-electron chi connectivity index (χ2n) is 6.13. The van der Waals surface area contributed by atoms with Crippen LogP contribution in [0.4, 0.5) is 5.13 Å². The van der Waals surface area contributed by atoms with Gasteiger partial charge in [0.2, 0.25) is 10.1 Å². The summed E-state index contributed by atoms with van der Waals surface area (Å²) in [6, 6.07) is 1.50. The summed E-state index contributed by atoms with van der Waals surface area (Å²) in [5.41, 5.74) is 0.592. The zero-order valence-electron chi connectivity index (χ0n) is 13.8. The minimum atomic E-state index is -0.131. The zero-order valence-corrected chi connectivity index (χ0v) is 14.6. The average molecular weight is 337 g/mol. The first kappa shape index (κ1) is 16.4. The van der Waals surface area contributed by atoms with Crippen molar-refractivity contribution in [3.63, 3.8) is 0 Å². The van der Waals surface area contributed by atoms with E-state index in [9.17, 15) is 4.79 Å². The third kappa shape index (κ3) is 4.07. The van der Waals surface area contributed by atoms with Crippen LogP contribution in [-0.2, 0) is 4.74 Å². The van der Waals surface area contributed by atoms with E-state index in [0.717, 1.165) is 43.4 Å². The van der Waals surface area contributed by atoms with Gasteiger partial charge in [-0.2, -0.15) is 4.52 Å². The standard InChI is InChI=1S/C15H23N5O2S/c1-10-7-13(21)20-15(17-10)23-14(18-20)16-5-4-6-19-8-11(2)22-12(3)9-19/h7,11-12H,4-6,8-9H2,1-3H3,(H,16,18)/t11-,12+. The maximum Gasteiger partial charge on any atom is 0.275 e. The Hall–Kier alpha value is -1.51. The van der Waals surface area contributed by atoms with Crippen LogP contribution in [-0.4, -0.2) is 57.9 Å². The van der Waals surface area contributed by atoms with Gasteiger partial charge in [0, 0.05) is 37.9 Å². The number of rotatable bonds is 5. The summed E-state index contributed by atoms with van der Waals surface area (Å²) in [4.78, 5) is 19.2. The van der Waals surface area contributed by atoms with Gasteiger partial charge in [0.15, 0.2) is 0 Å². The number of fused-ring (bicyclic) bond motifs is 1. The number of hydrogen-bond acceptors (Lipinski definition) is 7. The summed E-state index contributed by atoms with van der Waals surface area (Å²) in [5.74, 6) is 0. The van der Waals surface area contributed by atoms with Crippen LogP contribution in [0.3, 0.4) is 0 Å². The van der Waals surface area contributed by atoms with E-state index < -0.39 is 0 Å². The lowest BCUT2D eigenvalue weighted by atomic mass is 10.2. The SMILES string of the molecule is Cc1cc(=O)n2nc(NCCCN3C[C@@H](C)O[C@@H](C)C3)sc2n1. The van der Waals surface area contributed by atoms with E-state index in [-0.39, 0.29) is 5.56 Å². The molecule has 0 aliphatic carbocycles. The number of nitrogens with zero attached hydrogens (tertiary/aromatic N) is 4. The molecule has 1 N–H and O–H groups in total. The first-order chi connectivity index (χ1) is 11.0. The highest BCUT2D eigenvalue weighted by molar-refractivity contribution is 7.20. The minimum Gasteiger partial charge on any atom is -0.373 e. The fourth-order valence-electron chi connectivity index (χ4n) is 2.96. The van der Waals surface area contributed by atoms with Gasteiger partial charge in [-0.05, 0) is 27.2 Å². The van der Waals surface area contributed by atoms with Crippen LogP contribution in [0.25, 0.3) is 4.96 Å². The molecule has 0 amide bonds. The lowest BCUT2D eigenvalue weighted by molar-refractivity contribution is -0.0678. The Bertz CT molecular complexity index is 718. The molecule has 1 aliphatic heterocycles. The van der Waals surface area contributed by atoms with Crippen LogP contribution < -0.4 is 10.9 Å². The van der Waals surface area contributed by atoms with Crippen molar-refractivity contribution in [1.29, 1.82) is 0 Å². The van der Waals surface area contributed by atoms with Gasteiger partial charge in [-0.1, -0.05) is 11.3 Å². The van der Waals surface area contributed by atoms with Gasteiger partial charge in [0.1, 0.15) is 0 Å². The quantitative estimate of drug-likeness (QED) is 0.831. The predicted octanol–water partition coefficient (Wildman–Crippen LogP) is 1.37. The van der Waals surface area contributed by atoms with Gasteiger partial charge in [-0.25, -0.2) is 4.98 Å². The maximum atomic E-state index is 11.8. The van der Waals surface area contributed by atoms with Gasteiger partial charge in [-0.3, -0.25) is 9.69 Å². The van der Waals surface area contributed by atoms with E-state index in [2.05, 4.69) is 34.1 Å². The highest BCUT2D eigenvalue weighted by Crippen LogP contribution is 2.16. The highest BCUT2D eigenvalue weighted by Gasteiger charge is 2.21. The normalized spacial score (nSPS) is 22.6. The first-order valence-electron chi connectivity index (χ1n) is 8.00. The predicted molar refractivity (Wildman–Crippen MR) is 91.4 cm³/mol. The molecule has 8 heteroatoms. The van der Waals surface area contributed by atoms with E-state index in [1.54, 1.807) is 0 Å². The number of hydrogen-bond donors (Lipinski definition) is 1. The molecular formula is C15H23N5O2S. The van der Waals surface area contributed by atoms with Crippen molar-refractivity contribution in [3.05, 3.63) is 22.1 Å². The van der Waals surface area contributed by atoms with Crippen molar-refractivity contribution in [2.75, 3.05) is 31.5 Å². The minimum absolute atomic E-state index is 0.131. The summed E-state index contributed by atoms with van der Waals surface area (Å²) in [5, 5.41) is 8.31. The molecule has 3 rings (SSSR count). The van der Waals surface area contributed by atoms with Crippen LogP contribution in [0.5, 0.6) is 0 Å². The molecule has 3 heterocycles. The van der Waals surface area contributed by atoms with Crippen LogP contribution in [0.15, 0.2) is 10.9 Å². The van der Waals surface area contributed by atoms with Crippen LogP contribution in [0.2, 0.25) is 0 Å². The molecule has 0 bridgehead atoms. The van der Waals surface area contributed by atoms with Crippen molar-refractivity contribution in [1.82, 2.24) is 19.5 Å². The summed E-state index contributed by atoms with van der Waals surface area (Å²) >= 11 is 1.41. The number of aryl methyl sites for hydroxylation is 1. The Morgan fingerprint density at radius 3 is 2.87 bits per heavy atom. The van der Waals surface area contributed by atoms with Gasteiger partial charge >= 0.3 is 0 Å². The summed E-state index contributed by atoms with van der Waals surface area (Å²) < 4.78 is 7.09. The number of ether oxygens (including phenoxy) is 1. The average Bonchev–Trinajstić information content (AvgIpc) is 2.86. The summed E-state index contributed by atoms with van der Waals surface area (Å²) in [6.07, 6.45) is 1.63. The van der Waals surface area contributed by atoms with Crippen LogP contribution in [0.1, 0.15) is 26.0 Å². The topological polar surface area (TPSA) is 71.8 Å². The molecular weight excluding hydrogens is 314 g/mol. The summed E-state index contributed by atoms with van der Waals surface area (Å²) in [6.45, 7) is 9.90. The van der Waals surface area contributed by atoms with E-state index in [1.807, 2.05) is 6.92 Å². The Balaban J connectivity index is 1.51. The molecule has 23 heavy (non-hydrogen) atoms. The Morgan fingerprint density at radius 2 is 2.13 bits per heavy atom.